The molecule has 0 saturated carbocycles. The van der Waals surface area contributed by atoms with Crippen LogP contribution in [0.25, 0.3) is 0 Å². The standard InChI is InChI=1S/C17H28N2O3/c1-5-17(21,6-2)12-18-16(20)19-13(4)14-9-8-10-15(11-14)22-7-3/h8-11,13,21H,5-7,12H2,1-4H3,(H2,18,19,20). The summed E-state index contributed by atoms with van der Waals surface area (Å²) in [4.78, 5) is 12.0. The van der Waals surface area contributed by atoms with Crippen LogP contribution in [0.15, 0.2) is 24.3 Å². The highest BCUT2D eigenvalue weighted by atomic mass is 16.5. The third kappa shape index (κ3) is 5.56. The highest BCUT2D eigenvalue weighted by Crippen LogP contribution is 2.19. The number of nitrogens with one attached hydrogen (secondary N) is 2. The van der Waals surface area contributed by atoms with E-state index in [4.69, 9.17) is 4.74 Å². The molecule has 1 aromatic rings. The van der Waals surface area contributed by atoms with Gasteiger partial charge in [-0.2, -0.15) is 0 Å². The fourth-order valence-corrected chi connectivity index (χ4v) is 2.12. The fourth-order valence-electron chi connectivity index (χ4n) is 2.12. The number of amides is 2. The van der Waals surface area contributed by atoms with Crippen molar-refractivity contribution >= 4 is 6.03 Å². The molecule has 0 aliphatic heterocycles. The molecule has 1 aromatic carbocycles. The lowest BCUT2D eigenvalue weighted by atomic mass is 9.98. The molecule has 0 radical (unpaired) electrons. The Labute approximate surface area is 133 Å². The number of hydrogen-bond acceptors (Lipinski definition) is 3. The third-order valence-corrected chi connectivity index (χ3v) is 3.91. The summed E-state index contributed by atoms with van der Waals surface area (Å²) < 4.78 is 5.46. The van der Waals surface area contributed by atoms with Crippen LogP contribution in [0, 0.1) is 0 Å². The van der Waals surface area contributed by atoms with Crippen LogP contribution < -0.4 is 15.4 Å². The minimum Gasteiger partial charge on any atom is -0.494 e. The third-order valence-electron chi connectivity index (χ3n) is 3.91. The summed E-state index contributed by atoms with van der Waals surface area (Å²) >= 11 is 0. The van der Waals surface area contributed by atoms with Crippen LogP contribution in [0.1, 0.15) is 52.1 Å². The van der Waals surface area contributed by atoms with E-state index in [1.165, 1.54) is 0 Å². The van der Waals surface area contributed by atoms with Gasteiger partial charge in [-0.25, -0.2) is 4.79 Å². The topological polar surface area (TPSA) is 70.6 Å². The summed E-state index contributed by atoms with van der Waals surface area (Å²) in [5.74, 6) is 0.792. The van der Waals surface area contributed by atoms with Crippen molar-refractivity contribution in [2.45, 2.75) is 52.2 Å². The van der Waals surface area contributed by atoms with Crippen molar-refractivity contribution in [3.05, 3.63) is 29.8 Å². The maximum Gasteiger partial charge on any atom is 0.315 e. The van der Waals surface area contributed by atoms with Gasteiger partial charge in [-0.3, -0.25) is 0 Å². The number of hydrogen-bond donors (Lipinski definition) is 3. The van der Waals surface area contributed by atoms with Crippen LogP contribution in [-0.4, -0.2) is 29.9 Å². The number of carbonyl (C=O) groups excluding carboxylic acids is 1. The molecule has 124 valence electrons. The van der Waals surface area contributed by atoms with Crippen molar-refractivity contribution in [2.24, 2.45) is 0 Å². The van der Waals surface area contributed by atoms with E-state index in [0.29, 0.717) is 19.4 Å². The number of benzene rings is 1. The van der Waals surface area contributed by atoms with E-state index in [2.05, 4.69) is 10.6 Å². The van der Waals surface area contributed by atoms with E-state index < -0.39 is 5.60 Å². The van der Waals surface area contributed by atoms with Crippen molar-refractivity contribution < 1.29 is 14.6 Å². The van der Waals surface area contributed by atoms with Gasteiger partial charge in [-0.15, -0.1) is 0 Å². The lowest BCUT2D eigenvalue weighted by molar-refractivity contribution is 0.0349. The Morgan fingerprint density at radius 1 is 1.32 bits per heavy atom. The van der Waals surface area contributed by atoms with Gasteiger partial charge in [-0.1, -0.05) is 26.0 Å². The zero-order valence-electron chi connectivity index (χ0n) is 14.0. The Morgan fingerprint density at radius 2 is 2.00 bits per heavy atom. The Morgan fingerprint density at radius 3 is 2.59 bits per heavy atom. The zero-order valence-corrected chi connectivity index (χ0v) is 14.0. The number of rotatable bonds is 8. The maximum atomic E-state index is 12.0. The molecule has 5 heteroatoms. The minimum absolute atomic E-state index is 0.142. The van der Waals surface area contributed by atoms with Gasteiger partial charge in [0.15, 0.2) is 0 Å². The second kappa shape index (κ2) is 8.63. The van der Waals surface area contributed by atoms with Crippen LogP contribution in [0.3, 0.4) is 0 Å². The van der Waals surface area contributed by atoms with Crippen molar-refractivity contribution in [2.75, 3.05) is 13.2 Å². The highest BCUT2D eigenvalue weighted by Gasteiger charge is 2.23. The monoisotopic (exact) mass is 308 g/mol. The molecular weight excluding hydrogens is 280 g/mol. The first-order valence-electron chi connectivity index (χ1n) is 7.93. The Kier molecular flexibility index (Phi) is 7.18. The van der Waals surface area contributed by atoms with Crippen molar-refractivity contribution in [1.29, 1.82) is 0 Å². The maximum absolute atomic E-state index is 12.0. The molecule has 2 amide bonds. The van der Waals surface area contributed by atoms with Crippen molar-refractivity contribution in [3.63, 3.8) is 0 Å². The molecule has 3 N–H and O–H groups in total. The number of aliphatic hydroxyl groups is 1. The van der Waals surface area contributed by atoms with Gasteiger partial charge in [0, 0.05) is 6.54 Å². The van der Waals surface area contributed by atoms with Gasteiger partial charge < -0.3 is 20.5 Å². The first-order chi connectivity index (χ1) is 10.4. The Balaban J connectivity index is 2.55. The first kappa shape index (κ1) is 18.3. The van der Waals surface area contributed by atoms with Crippen LogP contribution >= 0.6 is 0 Å². The van der Waals surface area contributed by atoms with Gasteiger partial charge in [0.1, 0.15) is 5.75 Å². The molecule has 0 heterocycles. The van der Waals surface area contributed by atoms with E-state index in [0.717, 1.165) is 11.3 Å². The average molecular weight is 308 g/mol. The fraction of sp³-hybridized carbons (Fsp3) is 0.588. The van der Waals surface area contributed by atoms with E-state index in [1.54, 1.807) is 0 Å². The van der Waals surface area contributed by atoms with Crippen LogP contribution in [0.5, 0.6) is 5.75 Å². The smallest absolute Gasteiger partial charge is 0.315 e. The Hall–Kier alpha value is -1.75. The molecular formula is C17H28N2O3. The number of ether oxygens (including phenoxy) is 1. The second-order valence-corrected chi connectivity index (χ2v) is 5.49. The zero-order chi connectivity index (χ0) is 16.6. The van der Waals surface area contributed by atoms with Crippen molar-refractivity contribution in [1.82, 2.24) is 10.6 Å². The highest BCUT2D eigenvalue weighted by molar-refractivity contribution is 5.74. The summed E-state index contributed by atoms with van der Waals surface area (Å²) in [6.45, 7) is 8.52. The van der Waals surface area contributed by atoms with Gasteiger partial charge in [0.25, 0.3) is 0 Å². The SMILES string of the molecule is CCOc1cccc(C(C)NC(=O)NCC(O)(CC)CC)c1. The largest absolute Gasteiger partial charge is 0.494 e. The summed E-state index contributed by atoms with van der Waals surface area (Å²) in [5, 5.41) is 15.8. The first-order valence-corrected chi connectivity index (χ1v) is 7.93. The molecule has 1 unspecified atom stereocenters. The minimum atomic E-state index is -0.838. The molecule has 0 fully saturated rings. The van der Waals surface area contributed by atoms with Gasteiger partial charge in [0.05, 0.1) is 18.2 Å². The predicted molar refractivity (Wildman–Crippen MR) is 88.1 cm³/mol. The van der Waals surface area contributed by atoms with Gasteiger partial charge in [0.2, 0.25) is 0 Å². The molecule has 22 heavy (non-hydrogen) atoms. The predicted octanol–water partition coefficient (Wildman–Crippen LogP) is 3.00. The molecule has 0 bridgehead atoms. The van der Waals surface area contributed by atoms with E-state index in [-0.39, 0.29) is 18.6 Å². The molecule has 5 nitrogen and oxygen atoms in total. The molecule has 0 aliphatic rings. The van der Waals surface area contributed by atoms with Gasteiger partial charge >= 0.3 is 6.03 Å². The number of urea groups is 1. The van der Waals surface area contributed by atoms with Crippen molar-refractivity contribution in [3.8, 4) is 5.75 Å². The summed E-state index contributed by atoms with van der Waals surface area (Å²) in [6, 6.07) is 7.24. The number of carbonyl (C=O) groups is 1. The van der Waals surface area contributed by atoms with Crippen LogP contribution in [0.2, 0.25) is 0 Å². The Bertz CT molecular complexity index is 473. The van der Waals surface area contributed by atoms with Gasteiger partial charge in [-0.05, 0) is 44.4 Å². The molecule has 1 rings (SSSR count). The summed E-state index contributed by atoms with van der Waals surface area (Å²) in [6.07, 6.45) is 1.21. The molecule has 0 spiro atoms. The average Bonchev–Trinajstić information content (AvgIpc) is 2.53. The quantitative estimate of drug-likeness (QED) is 0.691. The summed E-state index contributed by atoms with van der Waals surface area (Å²) in [5.41, 5.74) is 0.137. The lowest BCUT2D eigenvalue weighted by Crippen LogP contribution is -2.46. The molecule has 0 aromatic heterocycles. The van der Waals surface area contributed by atoms with E-state index >= 15 is 0 Å². The molecule has 0 saturated heterocycles. The van der Waals surface area contributed by atoms with E-state index in [9.17, 15) is 9.90 Å². The van der Waals surface area contributed by atoms with E-state index in [1.807, 2.05) is 52.0 Å². The lowest BCUT2D eigenvalue weighted by Gasteiger charge is -2.26. The van der Waals surface area contributed by atoms with Crippen LogP contribution in [-0.2, 0) is 0 Å². The second-order valence-electron chi connectivity index (χ2n) is 5.49. The molecule has 0 aliphatic carbocycles. The van der Waals surface area contributed by atoms with Crippen LogP contribution in [0.4, 0.5) is 4.79 Å². The summed E-state index contributed by atoms with van der Waals surface area (Å²) in [7, 11) is 0. The normalized spacial score (nSPS) is 12.6. The molecule has 1 atom stereocenters.